The number of carbonyl (C=O) groups is 1. The van der Waals surface area contributed by atoms with Gasteiger partial charge in [-0.05, 0) is 19.3 Å². The predicted molar refractivity (Wildman–Crippen MR) is 51.6 cm³/mol. The third kappa shape index (κ3) is 3.37. The maximum atomic E-state index is 12.5. The van der Waals surface area contributed by atoms with Crippen molar-refractivity contribution < 1.29 is 22.7 Å². The molecule has 0 saturated heterocycles. The van der Waals surface area contributed by atoms with Gasteiger partial charge in [-0.15, -0.1) is 0 Å². The van der Waals surface area contributed by atoms with E-state index in [4.69, 9.17) is 5.73 Å². The molecule has 0 spiro atoms. The molecule has 0 aromatic carbocycles. The third-order valence-electron chi connectivity index (χ3n) is 3.07. The summed E-state index contributed by atoms with van der Waals surface area (Å²) in [4.78, 5) is 11.1. The molecule has 0 bridgehead atoms. The normalized spacial score (nSPS) is 31.2. The van der Waals surface area contributed by atoms with Crippen LogP contribution in [0.4, 0.5) is 13.2 Å². The van der Waals surface area contributed by atoms with Gasteiger partial charge in [-0.25, -0.2) is 0 Å². The van der Waals surface area contributed by atoms with Crippen LogP contribution >= 0.6 is 0 Å². The van der Waals surface area contributed by atoms with Crippen LogP contribution in [0.5, 0.6) is 0 Å². The Bertz CT molecular complexity index is 267. The van der Waals surface area contributed by atoms with Crippen LogP contribution in [0.1, 0.15) is 32.1 Å². The van der Waals surface area contributed by atoms with E-state index in [9.17, 15) is 18.0 Å². The lowest BCUT2D eigenvalue weighted by Gasteiger charge is -2.37. The van der Waals surface area contributed by atoms with Gasteiger partial charge in [0, 0.05) is 5.54 Å². The molecule has 2 atom stereocenters. The topological polar surface area (TPSA) is 52.3 Å². The minimum atomic E-state index is -4.22. The molecular weight excluding hydrogens is 223 g/mol. The molecule has 1 saturated carbocycles. The molecule has 2 N–H and O–H groups in total. The SMILES string of the molecule is COC(=O)CC1(N)CCCC(C(F)(F)F)C1. The van der Waals surface area contributed by atoms with Crippen LogP contribution in [0.15, 0.2) is 0 Å². The smallest absolute Gasteiger partial charge is 0.391 e. The van der Waals surface area contributed by atoms with E-state index in [0.717, 1.165) is 0 Å². The number of nitrogens with two attached hydrogens (primary N) is 1. The number of esters is 1. The second-order valence-corrected chi connectivity index (χ2v) is 4.45. The zero-order valence-corrected chi connectivity index (χ0v) is 9.14. The molecule has 0 aromatic heterocycles. The van der Waals surface area contributed by atoms with E-state index in [1.54, 1.807) is 0 Å². The highest BCUT2D eigenvalue weighted by atomic mass is 19.4. The van der Waals surface area contributed by atoms with Crippen LogP contribution < -0.4 is 5.73 Å². The number of alkyl halides is 3. The zero-order chi connectivity index (χ0) is 12.4. The van der Waals surface area contributed by atoms with Crippen LogP contribution in [0.2, 0.25) is 0 Å². The van der Waals surface area contributed by atoms with Gasteiger partial charge in [0.1, 0.15) is 0 Å². The van der Waals surface area contributed by atoms with Crippen molar-refractivity contribution in [2.24, 2.45) is 11.7 Å². The lowest BCUT2D eigenvalue weighted by Crippen LogP contribution is -2.48. The van der Waals surface area contributed by atoms with E-state index in [2.05, 4.69) is 4.74 Å². The Hall–Kier alpha value is -0.780. The maximum Gasteiger partial charge on any atom is 0.391 e. The van der Waals surface area contributed by atoms with Crippen molar-refractivity contribution in [2.45, 2.75) is 43.8 Å². The third-order valence-corrected chi connectivity index (χ3v) is 3.07. The van der Waals surface area contributed by atoms with Crippen molar-refractivity contribution in [3.8, 4) is 0 Å². The lowest BCUT2D eigenvalue weighted by atomic mass is 9.74. The minimum absolute atomic E-state index is 0.101. The molecule has 0 aromatic rings. The largest absolute Gasteiger partial charge is 0.469 e. The summed E-state index contributed by atoms with van der Waals surface area (Å²) in [5, 5.41) is 0. The number of ether oxygens (including phenoxy) is 1. The first kappa shape index (κ1) is 13.3. The molecule has 0 radical (unpaired) electrons. The Kier molecular flexibility index (Phi) is 3.83. The minimum Gasteiger partial charge on any atom is -0.469 e. The molecule has 2 unspecified atom stereocenters. The summed E-state index contributed by atoms with van der Waals surface area (Å²) in [7, 11) is 1.20. The summed E-state index contributed by atoms with van der Waals surface area (Å²) in [6.07, 6.45) is -3.61. The fourth-order valence-electron chi connectivity index (χ4n) is 2.19. The molecule has 1 rings (SSSR count). The molecule has 16 heavy (non-hydrogen) atoms. The van der Waals surface area contributed by atoms with Gasteiger partial charge in [0.15, 0.2) is 0 Å². The Morgan fingerprint density at radius 2 is 2.19 bits per heavy atom. The maximum absolute atomic E-state index is 12.5. The van der Waals surface area contributed by atoms with Gasteiger partial charge in [-0.1, -0.05) is 6.42 Å². The van der Waals surface area contributed by atoms with Gasteiger partial charge in [0.25, 0.3) is 0 Å². The van der Waals surface area contributed by atoms with Crippen molar-refractivity contribution >= 4 is 5.97 Å². The average molecular weight is 239 g/mol. The highest BCUT2D eigenvalue weighted by Crippen LogP contribution is 2.41. The first-order valence-corrected chi connectivity index (χ1v) is 5.19. The highest BCUT2D eigenvalue weighted by molar-refractivity contribution is 5.70. The fraction of sp³-hybridized carbons (Fsp3) is 0.900. The number of methoxy groups -OCH3 is 1. The summed E-state index contributed by atoms with van der Waals surface area (Å²) in [6, 6.07) is 0. The van der Waals surface area contributed by atoms with Gasteiger partial charge in [-0.3, -0.25) is 4.79 Å². The molecule has 0 amide bonds. The number of rotatable bonds is 2. The summed E-state index contributed by atoms with van der Waals surface area (Å²) >= 11 is 0. The number of hydrogen-bond donors (Lipinski definition) is 1. The van der Waals surface area contributed by atoms with Crippen LogP contribution in [0.3, 0.4) is 0 Å². The summed E-state index contributed by atoms with van der Waals surface area (Å²) in [5.41, 5.74) is 4.76. The average Bonchev–Trinajstić information content (AvgIpc) is 2.15. The van der Waals surface area contributed by atoms with Gasteiger partial charge < -0.3 is 10.5 Å². The van der Waals surface area contributed by atoms with Gasteiger partial charge in [0.05, 0.1) is 19.4 Å². The summed E-state index contributed by atoms with van der Waals surface area (Å²) < 4.78 is 42.0. The van der Waals surface area contributed by atoms with Crippen molar-refractivity contribution in [3.63, 3.8) is 0 Å². The van der Waals surface area contributed by atoms with Crippen LogP contribution in [-0.2, 0) is 9.53 Å². The Balaban J connectivity index is 2.64. The first-order chi connectivity index (χ1) is 7.27. The van der Waals surface area contributed by atoms with E-state index < -0.39 is 23.6 Å². The van der Waals surface area contributed by atoms with Gasteiger partial charge in [-0.2, -0.15) is 13.2 Å². The monoisotopic (exact) mass is 239 g/mol. The van der Waals surface area contributed by atoms with Crippen molar-refractivity contribution in [3.05, 3.63) is 0 Å². The van der Waals surface area contributed by atoms with E-state index >= 15 is 0 Å². The molecule has 6 heteroatoms. The van der Waals surface area contributed by atoms with Crippen molar-refractivity contribution in [1.29, 1.82) is 0 Å². The van der Waals surface area contributed by atoms with Crippen LogP contribution in [-0.4, -0.2) is 24.8 Å². The second-order valence-electron chi connectivity index (χ2n) is 4.45. The lowest BCUT2D eigenvalue weighted by molar-refractivity contribution is -0.188. The summed E-state index contributed by atoms with van der Waals surface area (Å²) in [5.74, 6) is -1.94. The van der Waals surface area contributed by atoms with E-state index in [0.29, 0.717) is 12.8 Å². The number of hydrogen-bond acceptors (Lipinski definition) is 3. The quantitative estimate of drug-likeness (QED) is 0.750. The molecule has 3 nitrogen and oxygen atoms in total. The molecular formula is C10H16F3NO2. The van der Waals surface area contributed by atoms with Crippen LogP contribution in [0.25, 0.3) is 0 Å². The van der Waals surface area contributed by atoms with Gasteiger partial charge >= 0.3 is 12.1 Å². The Labute approximate surface area is 92.1 Å². The molecule has 94 valence electrons. The fourth-order valence-corrected chi connectivity index (χ4v) is 2.19. The van der Waals surface area contributed by atoms with Crippen molar-refractivity contribution in [2.75, 3.05) is 7.11 Å². The van der Waals surface area contributed by atoms with E-state index in [-0.39, 0.29) is 19.3 Å². The molecule has 1 fully saturated rings. The number of carbonyl (C=O) groups excluding carboxylic acids is 1. The Morgan fingerprint density at radius 3 is 2.69 bits per heavy atom. The molecule has 1 aliphatic carbocycles. The van der Waals surface area contributed by atoms with Crippen LogP contribution in [0, 0.1) is 5.92 Å². The summed E-state index contributed by atoms with van der Waals surface area (Å²) in [6.45, 7) is 0. The Morgan fingerprint density at radius 1 is 1.56 bits per heavy atom. The van der Waals surface area contributed by atoms with Crippen molar-refractivity contribution in [1.82, 2.24) is 0 Å². The molecule has 1 aliphatic rings. The predicted octanol–water partition coefficient (Wildman–Crippen LogP) is 2.00. The molecule has 0 aliphatic heterocycles. The highest BCUT2D eigenvalue weighted by Gasteiger charge is 2.46. The molecule has 0 heterocycles. The van der Waals surface area contributed by atoms with Gasteiger partial charge in [0.2, 0.25) is 0 Å². The van der Waals surface area contributed by atoms with E-state index in [1.807, 2.05) is 0 Å². The number of halogens is 3. The zero-order valence-electron chi connectivity index (χ0n) is 9.14. The first-order valence-electron chi connectivity index (χ1n) is 5.19. The van der Waals surface area contributed by atoms with E-state index in [1.165, 1.54) is 7.11 Å². The second kappa shape index (κ2) is 4.61. The standard InChI is InChI=1S/C10H16F3NO2/c1-16-8(15)6-9(14)4-2-3-7(5-9)10(11,12)13/h7H,2-6,14H2,1H3.